The zero-order chi connectivity index (χ0) is 18.5. The minimum absolute atomic E-state index is 0. The number of hydrogen-bond acceptors (Lipinski definition) is 3. The Morgan fingerprint density at radius 2 is 1.92 bits per heavy atom. The van der Waals surface area contributed by atoms with Gasteiger partial charge in [-0.2, -0.15) is 8.78 Å². The van der Waals surface area contributed by atoms with Crippen LogP contribution in [-0.4, -0.2) is 39.4 Å². The normalized spacial score (nSPS) is 11.2. The summed E-state index contributed by atoms with van der Waals surface area (Å²) in [4.78, 5) is 4.01. The summed E-state index contributed by atoms with van der Waals surface area (Å²) in [6.45, 7) is 1.09. The monoisotopic (exact) mass is 489 g/mol. The molecule has 0 unspecified atom stereocenters. The number of halogens is 4. The quantitative estimate of drug-likeness (QED) is 0.214. The first-order valence-corrected chi connectivity index (χ1v) is 8.33. The molecular weight excluding hydrogens is 462 g/mol. The third-order valence-corrected chi connectivity index (χ3v) is 3.35. The van der Waals surface area contributed by atoms with Crippen LogP contribution in [0, 0.1) is 5.82 Å². The van der Waals surface area contributed by atoms with Crippen molar-refractivity contribution in [3.8, 4) is 5.75 Å². The second-order valence-corrected chi connectivity index (χ2v) is 5.27. The zero-order valence-electron chi connectivity index (χ0n) is 15.1. The molecule has 2 N–H and O–H groups in total. The second kappa shape index (κ2) is 14.9. The molecule has 1 aromatic rings. The lowest BCUT2D eigenvalue weighted by Crippen LogP contribution is -2.37. The fourth-order valence-corrected chi connectivity index (χ4v) is 2.04. The van der Waals surface area contributed by atoms with Crippen molar-refractivity contribution in [2.24, 2.45) is 4.99 Å². The first kappa shape index (κ1) is 24.8. The van der Waals surface area contributed by atoms with Gasteiger partial charge in [0.2, 0.25) is 0 Å². The Bertz CT molecular complexity index is 534. The molecule has 0 spiro atoms. The number of nitrogens with one attached hydrogen (secondary N) is 2. The summed E-state index contributed by atoms with van der Waals surface area (Å²) in [7, 11) is 1.57. The molecule has 0 aromatic heterocycles. The van der Waals surface area contributed by atoms with Gasteiger partial charge < -0.3 is 20.1 Å². The van der Waals surface area contributed by atoms with E-state index in [0.29, 0.717) is 19.1 Å². The van der Waals surface area contributed by atoms with Crippen LogP contribution in [0.15, 0.2) is 23.2 Å². The number of ether oxygens (including phenoxy) is 2. The highest BCUT2D eigenvalue weighted by molar-refractivity contribution is 14.0. The molecule has 0 saturated carbocycles. The lowest BCUT2D eigenvalue weighted by Gasteiger charge is -2.15. The Morgan fingerprint density at radius 1 is 1.19 bits per heavy atom. The molecule has 0 aliphatic carbocycles. The van der Waals surface area contributed by atoms with Gasteiger partial charge in [0.15, 0.2) is 5.96 Å². The minimum Gasteiger partial charge on any atom is -0.434 e. The highest BCUT2D eigenvalue weighted by Crippen LogP contribution is 2.23. The number of aliphatic imine (C=N–C) groups is 1. The smallest absolute Gasteiger partial charge is 0.387 e. The van der Waals surface area contributed by atoms with E-state index in [1.165, 1.54) is 18.2 Å². The van der Waals surface area contributed by atoms with Crippen LogP contribution in [0.5, 0.6) is 5.75 Å². The fraction of sp³-hybridized carbons (Fsp3) is 0.588. The number of hydrogen-bond donors (Lipinski definition) is 2. The molecule has 0 fully saturated rings. The summed E-state index contributed by atoms with van der Waals surface area (Å²) in [5.41, 5.74) is 0.0219. The lowest BCUT2D eigenvalue weighted by molar-refractivity contribution is -0.0506. The van der Waals surface area contributed by atoms with Gasteiger partial charge in [0, 0.05) is 38.9 Å². The predicted octanol–water partition coefficient (Wildman–Crippen LogP) is 3.92. The molecule has 0 saturated heterocycles. The molecule has 0 heterocycles. The standard InChI is InChI=1S/C17H26F3N3O2.HI/c1-3-4-10-24-11-6-9-22-17(21-2)23-12-13-14(18)7-5-8-15(13)25-16(19)20;/h5,7-8,16H,3-4,6,9-12H2,1-2H3,(H2,21,22,23);1H. The topological polar surface area (TPSA) is 54.9 Å². The molecular formula is C17H27F3IN3O2. The summed E-state index contributed by atoms with van der Waals surface area (Å²) in [5.74, 6) is -0.368. The van der Waals surface area contributed by atoms with E-state index in [-0.39, 0.29) is 41.8 Å². The average molecular weight is 489 g/mol. The molecule has 0 amide bonds. The van der Waals surface area contributed by atoms with E-state index in [1.807, 2.05) is 0 Å². The Hall–Kier alpha value is -1.23. The molecule has 0 radical (unpaired) electrons. The van der Waals surface area contributed by atoms with Crippen LogP contribution in [0.2, 0.25) is 0 Å². The number of alkyl halides is 2. The first-order chi connectivity index (χ1) is 12.1. The van der Waals surface area contributed by atoms with Crippen LogP contribution < -0.4 is 15.4 Å². The van der Waals surface area contributed by atoms with E-state index in [2.05, 4.69) is 27.3 Å². The maximum Gasteiger partial charge on any atom is 0.387 e. The number of guanidine groups is 1. The molecule has 26 heavy (non-hydrogen) atoms. The van der Waals surface area contributed by atoms with Gasteiger partial charge in [0.1, 0.15) is 11.6 Å². The van der Waals surface area contributed by atoms with E-state index in [1.54, 1.807) is 7.05 Å². The molecule has 0 atom stereocenters. The van der Waals surface area contributed by atoms with Crippen molar-refractivity contribution in [2.45, 2.75) is 39.3 Å². The largest absolute Gasteiger partial charge is 0.434 e. The third-order valence-electron chi connectivity index (χ3n) is 3.35. The van der Waals surface area contributed by atoms with Crippen LogP contribution in [0.3, 0.4) is 0 Å². The predicted molar refractivity (Wildman–Crippen MR) is 107 cm³/mol. The highest BCUT2D eigenvalue weighted by Gasteiger charge is 2.14. The van der Waals surface area contributed by atoms with Gasteiger partial charge in [-0.15, -0.1) is 24.0 Å². The van der Waals surface area contributed by atoms with Gasteiger partial charge in [-0.25, -0.2) is 4.39 Å². The Labute approximate surface area is 169 Å². The van der Waals surface area contributed by atoms with Crippen molar-refractivity contribution < 1.29 is 22.6 Å². The van der Waals surface area contributed by atoms with Gasteiger partial charge in [-0.05, 0) is 25.0 Å². The number of benzene rings is 1. The molecule has 0 aliphatic rings. The summed E-state index contributed by atoms with van der Waals surface area (Å²) in [6.07, 6.45) is 2.94. The van der Waals surface area contributed by atoms with Gasteiger partial charge in [-0.3, -0.25) is 4.99 Å². The van der Waals surface area contributed by atoms with Crippen molar-refractivity contribution in [2.75, 3.05) is 26.8 Å². The fourth-order valence-electron chi connectivity index (χ4n) is 2.04. The summed E-state index contributed by atoms with van der Waals surface area (Å²) in [5, 5.41) is 5.94. The number of unbranched alkanes of at least 4 members (excludes halogenated alkanes) is 1. The highest BCUT2D eigenvalue weighted by atomic mass is 127. The van der Waals surface area contributed by atoms with Crippen LogP contribution in [-0.2, 0) is 11.3 Å². The van der Waals surface area contributed by atoms with Crippen molar-refractivity contribution in [1.29, 1.82) is 0 Å². The van der Waals surface area contributed by atoms with Crippen molar-refractivity contribution in [1.82, 2.24) is 10.6 Å². The summed E-state index contributed by atoms with van der Waals surface area (Å²) in [6, 6.07) is 3.82. The zero-order valence-corrected chi connectivity index (χ0v) is 17.4. The van der Waals surface area contributed by atoms with Gasteiger partial charge in [0.25, 0.3) is 0 Å². The lowest BCUT2D eigenvalue weighted by atomic mass is 10.2. The molecule has 150 valence electrons. The first-order valence-electron chi connectivity index (χ1n) is 8.33. The molecule has 1 rings (SSSR count). The molecule has 9 heteroatoms. The van der Waals surface area contributed by atoms with Gasteiger partial charge >= 0.3 is 6.61 Å². The Balaban J connectivity index is 0.00000625. The van der Waals surface area contributed by atoms with Crippen molar-refractivity contribution >= 4 is 29.9 Å². The minimum atomic E-state index is -3.01. The van der Waals surface area contributed by atoms with Gasteiger partial charge in [-0.1, -0.05) is 19.4 Å². The van der Waals surface area contributed by atoms with E-state index in [0.717, 1.165) is 25.9 Å². The van der Waals surface area contributed by atoms with E-state index in [4.69, 9.17) is 4.74 Å². The maximum absolute atomic E-state index is 13.9. The Kier molecular flexibility index (Phi) is 14.2. The molecule has 5 nitrogen and oxygen atoms in total. The van der Waals surface area contributed by atoms with Crippen molar-refractivity contribution in [3.63, 3.8) is 0 Å². The van der Waals surface area contributed by atoms with Gasteiger partial charge in [0.05, 0.1) is 0 Å². The number of nitrogens with zero attached hydrogens (tertiary/aromatic N) is 1. The third kappa shape index (κ3) is 10.0. The Morgan fingerprint density at radius 3 is 2.58 bits per heavy atom. The van der Waals surface area contributed by atoms with Crippen LogP contribution >= 0.6 is 24.0 Å². The second-order valence-electron chi connectivity index (χ2n) is 5.27. The average Bonchev–Trinajstić information content (AvgIpc) is 2.58. The van der Waals surface area contributed by atoms with Crippen molar-refractivity contribution in [3.05, 3.63) is 29.6 Å². The van der Waals surface area contributed by atoms with Crippen LogP contribution in [0.4, 0.5) is 13.2 Å². The summed E-state index contributed by atoms with van der Waals surface area (Å²) >= 11 is 0. The molecule has 1 aromatic carbocycles. The van der Waals surface area contributed by atoms with E-state index in [9.17, 15) is 13.2 Å². The number of rotatable bonds is 11. The SMILES string of the molecule is CCCCOCCCNC(=NC)NCc1c(F)cccc1OC(F)F.I. The van der Waals surface area contributed by atoms with Crippen LogP contribution in [0.1, 0.15) is 31.7 Å². The summed E-state index contributed by atoms with van der Waals surface area (Å²) < 4.78 is 48.5. The van der Waals surface area contributed by atoms with Crippen LogP contribution in [0.25, 0.3) is 0 Å². The van der Waals surface area contributed by atoms with E-state index >= 15 is 0 Å². The maximum atomic E-state index is 13.9. The van der Waals surface area contributed by atoms with E-state index < -0.39 is 12.4 Å². The molecule has 0 aliphatic heterocycles. The molecule has 0 bridgehead atoms.